The Balaban J connectivity index is 2.45. The zero-order valence-electron chi connectivity index (χ0n) is 10.8. The number of likely N-dealkylation sites (N-methyl/N-ethyl adjacent to an activating group) is 1. The zero-order valence-corrected chi connectivity index (χ0v) is 10.8. The molecule has 96 valence electrons. The summed E-state index contributed by atoms with van der Waals surface area (Å²) in [6, 6.07) is 5.25. The van der Waals surface area contributed by atoms with Crippen molar-refractivity contribution in [3.63, 3.8) is 0 Å². The van der Waals surface area contributed by atoms with Gasteiger partial charge in [-0.1, -0.05) is 0 Å². The summed E-state index contributed by atoms with van der Waals surface area (Å²) in [6.45, 7) is 2.97. The average molecular weight is 247 g/mol. The number of rotatable bonds is 4. The molecule has 0 aliphatic rings. The van der Waals surface area contributed by atoms with Crippen molar-refractivity contribution in [1.82, 2.24) is 14.5 Å². The fraction of sp³-hybridized carbons (Fsp3) is 0.385. The molecular formula is C13H17N3O2. The van der Waals surface area contributed by atoms with E-state index in [4.69, 9.17) is 5.11 Å². The molecule has 1 atom stereocenters. The van der Waals surface area contributed by atoms with Crippen LogP contribution in [-0.2, 0) is 0 Å². The van der Waals surface area contributed by atoms with Crippen LogP contribution in [0.2, 0.25) is 0 Å². The number of fused-ring (bicyclic) bond motifs is 1. The van der Waals surface area contributed by atoms with E-state index in [2.05, 4.69) is 16.8 Å². The maximum Gasteiger partial charge on any atom is 0.335 e. The molecule has 18 heavy (non-hydrogen) atoms. The summed E-state index contributed by atoms with van der Waals surface area (Å²) in [6.07, 6.45) is 1.77. The van der Waals surface area contributed by atoms with E-state index in [1.54, 1.807) is 24.5 Å². The van der Waals surface area contributed by atoms with Crippen LogP contribution >= 0.6 is 0 Å². The summed E-state index contributed by atoms with van der Waals surface area (Å²) in [5.41, 5.74) is 1.98. The molecule has 2 rings (SSSR count). The molecule has 1 aromatic heterocycles. The number of hydrogen-bond acceptors (Lipinski definition) is 3. The van der Waals surface area contributed by atoms with Gasteiger partial charge in [0.25, 0.3) is 0 Å². The van der Waals surface area contributed by atoms with Gasteiger partial charge >= 0.3 is 5.97 Å². The highest BCUT2D eigenvalue weighted by molar-refractivity contribution is 5.92. The first kappa shape index (κ1) is 12.6. The molecule has 2 aromatic rings. The van der Waals surface area contributed by atoms with E-state index < -0.39 is 5.97 Å². The van der Waals surface area contributed by atoms with Crippen LogP contribution < -0.4 is 0 Å². The number of carbonyl (C=O) groups is 1. The van der Waals surface area contributed by atoms with Crippen molar-refractivity contribution < 1.29 is 9.90 Å². The van der Waals surface area contributed by atoms with E-state index in [9.17, 15) is 4.79 Å². The first-order valence-electron chi connectivity index (χ1n) is 5.83. The smallest absolute Gasteiger partial charge is 0.335 e. The second-order valence-electron chi connectivity index (χ2n) is 4.77. The number of benzene rings is 1. The molecule has 0 bridgehead atoms. The summed E-state index contributed by atoms with van der Waals surface area (Å²) in [5, 5.41) is 9.02. The molecular weight excluding hydrogens is 230 g/mol. The van der Waals surface area contributed by atoms with Crippen molar-refractivity contribution in [1.29, 1.82) is 0 Å². The van der Waals surface area contributed by atoms with Crippen molar-refractivity contribution in [2.75, 3.05) is 20.6 Å². The maximum absolute atomic E-state index is 11.0. The van der Waals surface area contributed by atoms with Gasteiger partial charge in [0.15, 0.2) is 0 Å². The average Bonchev–Trinajstić information content (AvgIpc) is 2.70. The van der Waals surface area contributed by atoms with E-state index in [1.165, 1.54) is 0 Å². The van der Waals surface area contributed by atoms with Crippen LogP contribution in [0.25, 0.3) is 11.0 Å². The zero-order chi connectivity index (χ0) is 13.3. The van der Waals surface area contributed by atoms with Crippen LogP contribution in [0.3, 0.4) is 0 Å². The molecule has 0 radical (unpaired) electrons. The molecule has 0 amide bonds. The Bertz CT molecular complexity index is 575. The minimum atomic E-state index is -0.912. The molecule has 0 spiro atoms. The largest absolute Gasteiger partial charge is 0.478 e. The van der Waals surface area contributed by atoms with Crippen molar-refractivity contribution in [2.45, 2.75) is 13.0 Å². The minimum absolute atomic E-state index is 0.244. The standard InChI is InChI=1S/C13H17N3O2/c1-9(7-15(2)3)16-8-14-11-5-4-10(13(17)18)6-12(11)16/h4-6,8-9H,7H2,1-3H3,(H,17,18). The van der Waals surface area contributed by atoms with Crippen LogP contribution in [0.5, 0.6) is 0 Å². The molecule has 0 saturated carbocycles. The predicted octanol–water partition coefficient (Wildman–Crippen LogP) is 1.86. The Morgan fingerprint density at radius 3 is 2.83 bits per heavy atom. The lowest BCUT2D eigenvalue weighted by molar-refractivity contribution is 0.0697. The Labute approximate surface area is 106 Å². The van der Waals surface area contributed by atoms with Gasteiger partial charge in [-0.3, -0.25) is 0 Å². The quantitative estimate of drug-likeness (QED) is 0.895. The maximum atomic E-state index is 11.0. The molecule has 5 nitrogen and oxygen atoms in total. The SMILES string of the molecule is CC(CN(C)C)n1cnc2ccc(C(=O)O)cc21. The number of nitrogens with zero attached hydrogens (tertiary/aromatic N) is 3. The van der Waals surface area contributed by atoms with Crippen LogP contribution in [0.4, 0.5) is 0 Å². The highest BCUT2D eigenvalue weighted by atomic mass is 16.4. The van der Waals surface area contributed by atoms with Crippen molar-refractivity contribution in [3.05, 3.63) is 30.1 Å². The van der Waals surface area contributed by atoms with Crippen molar-refractivity contribution in [2.24, 2.45) is 0 Å². The molecule has 1 aromatic carbocycles. The highest BCUT2D eigenvalue weighted by Gasteiger charge is 2.12. The monoisotopic (exact) mass is 247 g/mol. The molecule has 0 saturated heterocycles. The van der Waals surface area contributed by atoms with E-state index >= 15 is 0 Å². The van der Waals surface area contributed by atoms with Gasteiger partial charge in [-0.25, -0.2) is 9.78 Å². The fourth-order valence-electron chi connectivity index (χ4n) is 2.13. The van der Waals surface area contributed by atoms with Gasteiger partial charge in [0.1, 0.15) is 0 Å². The van der Waals surface area contributed by atoms with Gasteiger partial charge in [0.05, 0.1) is 22.9 Å². The fourth-order valence-corrected chi connectivity index (χ4v) is 2.13. The van der Waals surface area contributed by atoms with Gasteiger partial charge in [0, 0.05) is 12.6 Å². The lowest BCUT2D eigenvalue weighted by Crippen LogP contribution is -2.22. The van der Waals surface area contributed by atoms with Crippen LogP contribution in [-0.4, -0.2) is 46.2 Å². The minimum Gasteiger partial charge on any atom is -0.478 e. The number of imidazole rings is 1. The number of carboxylic acids is 1. The van der Waals surface area contributed by atoms with Crippen LogP contribution in [0.15, 0.2) is 24.5 Å². The summed E-state index contributed by atoms with van der Waals surface area (Å²) in [4.78, 5) is 17.4. The lowest BCUT2D eigenvalue weighted by Gasteiger charge is -2.19. The van der Waals surface area contributed by atoms with Gasteiger partial charge in [0.2, 0.25) is 0 Å². The van der Waals surface area contributed by atoms with E-state index in [0.29, 0.717) is 5.56 Å². The molecule has 1 unspecified atom stereocenters. The Morgan fingerprint density at radius 1 is 1.50 bits per heavy atom. The Kier molecular flexibility index (Phi) is 3.34. The molecule has 1 heterocycles. The van der Waals surface area contributed by atoms with Crippen molar-refractivity contribution >= 4 is 17.0 Å². The number of hydrogen-bond donors (Lipinski definition) is 1. The molecule has 0 fully saturated rings. The van der Waals surface area contributed by atoms with Crippen LogP contribution in [0, 0.1) is 0 Å². The second-order valence-corrected chi connectivity index (χ2v) is 4.77. The number of aromatic nitrogens is 2. The van der Waals surface area contributed by atoms with Crippen molar-refractivity contribution in [3.8, 4) is 0 Å². The summed E-state index contributed by atoms with van der Waals surface area (Å²) in [5.74, 6) is -0.912. The Hall–Kier alpha value is -1.88. The molecule has 0 aliphatic carbocycles. The van der Waals surface area contributed by atoms with Gasteiger partial charge in [-0.2, -0.15) is 0 Å². The molecule has 5 heteroatoms. The topological polar surface area (TPSA) is 58.4 Å². The summed E-state index contributed by atoms with van der Waals surface area (Å²) >= 11 is 0. The third-order valence-electron chi connectivity index (χ3n) is 2.93. The normalized spacial score (nSPS) is 13.1. The van der Waals surface area contributed by atoms with E-state index in [1.807, 2.05) is 18.7 Å². The Morgan fingerprint density at radius 2 is 2.22 bits per heavy atom. The number of carboxylic acid groups (broad SMARTS) is 1. The summed E-state index contributed by atoms with van der Waals surface area (Å²) in [7, 11) is 4.02. The molecule has 0 aliphatic heterocycles. The predicted molar refractivity (Wildman–Crippen MR) is 70.0 cm³/mol. The van der Waals surface area contributed by atoms with Gasteiger partial charge in [-0.05, 0) is 39.2 Å². The van der Waals surface area contributed by atoms with E-state index in [-0.39, 0.29) is 6.04 Å². The number of aromatic carboxylic acids is 1. The lowest BCUT2D eigenvalue weighted by atomic mass is 10.2. The second kappa shape index (κ2) is 4.78. The van der Waals surface area contributed by atoms with Gasteiger partial charge < -0.3 is 14.6 Å². The summed E-state index contributed by atoms with van der Waals surface area (Å²) < 4.78 is 2.02. The first-order valence-corrected chi connectivity index (χ1v) is 5.83. The first-order chi connectivity index (χ1) is 8.49. The van der Waals surface area contributed by atoms with E-state index in [0.717, 1.165) is 17.6 Å². The third kappa shape index (κ3) is 2.36. The molecule has 1 N–H and O–H groups in total. The van der Waals surface area contributed by atoms with Gasteiger partial charge in [-0.15, -0.1) is 0 Å². The third-order valence-corrected chi connectivity index (χ3v) is 2.93. The highest BCUT2D eigenvalue weighted by Crippen LogP contribution is 2.19. The van der Waals surface area contributed by atoms with Crippen LogP contribution in [0.1, 0.15) is 23.3 Å².